The molecule has 1 saturated carbocycles. The van der Waals surface area contributed by atoms with Gasteiger partial charge in [0.2, 0.25) is 0 Å². The van der Waals surface area contributed by atoms with Crippen LogP contribution in [0.4, 0.5) is 0 Å². The highest BCUT2D eigenvalue weighted by Crippen LogP contribution is 2.35. The second-order valence-electron chi connectivity index (χ2n) is 5.57. The Hall–Kier alpha value is -0.300. The van der Waals surface area contributed by atoms with E-state index in [2.05, 4.69) is 25.2 Å². The SMILES string of the molecule is CC(C)C(NCCC1=CCCC1)C1CC1. The first-order valence-electron chi connectivity index (χ1n) is 6.68. The maximum absolute atomic E-state index is 3.77. The molecule has 15 heavy (non-hydrogen) atoms. The zero-order chi connectivity index (χ0) is 10.7. The van der Waals surface area contributed by atoms with Crippen LogP contribution in [-0.2, 0) is 0 Å². The van der Waals surface area contributed by atoms with Crippen molar-refractivity contribution < 1.29 is 0 Å². The maximum atomic E-state index is 3.77. The van der Waals surface area contributed by atoms with E-state index in [1.165, 1.54) is 45.1 Å². The van der Waals surface area contributed by atoms with Gasteiger partial charge in [-0.3, -0.25) is 0 Å². The molecule has 1 fully saturated rings. The average molecular weight is 207 g/mol. The van der Waals surface area contributed by atoms with Gasteiger partial charge in [-0.05, 0) is 56.9 Å². The normalized spacial score (nSPS) is 23.3. The van der Waals surface area contributed by atoms with Crippen molar-refractivity contribution in [2.75, 3.05) is 6.54 Å². The third-order valence-electron chi connectivity index (χ3n) is 3.81. The van der Waals surface area contributed by atoms with Crippen LogP contribution in [0.25, 0.3) is 0 Å². The van der Waals surface area contributed by atoms with E-state index in [9.17, 15) is 0 Å². The fourth-order valence-electron chi connectivity index (χ4n) is 2.77. The highest BCUT2D eigenvalue weighted by atomic mass is 14.9. The lowest BCUT2D eigenvalue weighted by Crippen LogP contribution is -2.36. The molecule has 0 heterocycles. The smallest absolute Gasteiger partial charge is 0.0118 e. The second kappa shape index (κ2) is 5.16. The molecular formula is C14H25N. The number of rotatable bonds is 6. The van der Waals surface area contributed by atoms with Crippen molar-refractivity contribution in [3.05, 3.63) is 11.6 Å². The predicted octanol–water partition coefficient (Wildman–Crippen LogP) is 3.51. The first kappa shape index (κ1) is 11.2. The van der Waals surface area contributed by atoms with Crippen LogP contribution in [0, 0.1) is 11.8 Å². The molecule has 1 unspecified atom stereocenters. The van der Waals surface area contributed by atoms with E-state index in [1.807, 2.05) is 0 Å². The summed E-state index contributed by atoms with van der Waals surface area (Å²) in [5, 5.41) is 3.77. The van der Waals surface area contributed by atoms with Gasteiger partial charge in [0.15, 0.2) is 0 Å². The van der Waals surface area contributed by atoms with Crippen molar-refractivity contribution in [3.63, 3.8) is 0 Å². The van der Waals surface area contributed by atoms with E-state index < -0.39 is 0 Å². The van der Waals surface area contributed by atoms with Gasteiger partial charge in [0.1, 0.15) is 0 Å². The molecule has 1 nitrogen and oxygen atoms in total. The summed E-state index contributed by atoms with van der Waals surface area (Å²) in [5.74, 6) is 1.79. The summed E-state index contributed by atoms with van der Waals surface area (Å²) in [6, 6.07) is 0.784. The van der Waals surface area contributed by atoms with E-state index in [0.29, 0.717) is 0 Å². The van der Waals surface area contributed by atoms with Crippen molar-refractivity contribution in [2.24, 2.45) is 11.8 Å². The first-order chi connectivity index (χ1) is 7.27. The van der Waals surface area contributed by atoms with Crippen LogP contribution >= 0.6 is 0 Å². The summed E-state index contributed by atoms with van der Waals surface area (Å²) in [6.45, 7) is 5.90. The molecule has 0 aromatic heterocycles. The van der Waals surface area contributed by atoms with Crippen LogP contribution in [0.5, 0.6) is 0 Å². The van der Waals surface area contributed by atoms with Crippen LogP contribution in [-0.4, -0.2) is 12.6 Å². The summed E-state index contributed by atoms with van der Waals surface area (Å²) in [4.78, 5) is 0. The number of nitrogens with one attached hydrogen (secondary N) is 1. The zero-order valence-corrected chi connectivity index (χ0v) is 10.3. The molecule has 1 heteroatoms. The Balaban J connectivity index is 1.66. The second-order valence-corrected chi connectivity index (χ2v) is 5.57. The summed E-state index contributed by atoms with van der Waals surface area (Å²) >= 11 is 0. The van der Waals surface area contributed by atoms with E-state index in [0.717, 1.165) is 17.9 Å². The van der Waals surface area contributed by atoms with Crippen molar-refractivity contribution in [3.8, 4) is 0 Å². The minimum absolute atomic E-state index is 0.784. The summed E-state index contributed by atoms with van der Waals surface area (Å²) in [6.07, 6.45) is 10.7. The molecular weight excluding hydrogens is 182 g/mol. The molecule has 0 bridgehead atoms. The molecule has 2 aliphatic rings. The number of allylic oxidation sites excluding steroid dienone is 1. The fraction of sp³-hybridized carbons (Fsp3) is 0.857. The van der Waals surface area contributed by atoms with Gasteiger partial charge < -0.3 is 5.32 Å². The van der Waals surface area contributed by atoms with Gasteiger partial charge in [0.25, 0.3) is 0 Å². The maximum Gasteiger partial charge on any atom is 0.0118 e. The van der Waals surface area contributed by atoms with Crippen molar-refractivity contribution in [2.45, 2.75) is 58.4 Å². The summed E-state index contributed by atoms with van der Waals surface area (Å²) < 4.78 is 0. The van der Waals surface area contributed by atoms with Crippen molar-refractivity contribution >= 4 is 0 Å². The molecule has 0 spiro atoms. The summed E-state index contributed by atoms with van der Waals surface area (Å²) in [7, 11) is 0. The van der Waals surface area contributed by atoms with Gasteiger partial charge in [-0.25, -0.2) is 0 Å². The Morgan fingerprint density at radius 3 is 2.73 bits per heavy atom. The first-order valence-corrected chi connectivity index (χ1v) is 6.68. The van der Waals surface area contributed by atoms with Gasteiger partial charge in [-0.15, -0.1) is 0 Å². The lowest BCUT2D eigenvalue weighted by atomic mass is 9.99. The van der Waals surface area contributed by atoms with Crippen LogP contribution in [0.15, 0.2) is 11.6 Å². The minimum atomic E-state index is 0.784. The lowest BCUT2D eigenvalue weighted by molar-refractivity contribution is 0.363. The molecule has 2 aliphatic carbocycles. The molecule has 0 amide bonds. The van der Waals surface area contributed by atoms with E-state index in [1.54, 1.807) is 5.57 Å². The third-order valence-corrected chi connectivity index (χ3v) is 3.81. The van der Waals surface area contributed by atoms with Crippen LogP contribution in [0.3, 0.4) is 0 Å². The molecule has 0 aromatic rings. The van der Waals surface area contributed by atoms with Gasteiger partial charge in [-0.2, -0.15) is 0 Å². The van der Waals surface area contributed by atoms with Gasteiger partial charge in [0.05, 0.1) is 0 Å². The third kappa shape index (κ3) is 3.34. The monoisotopic (exact) mass is 207 g/mol. The highest BCUT2D eigenvalue weighted by molar-refractivity contribution is 5.07. The van der Waals surface area contributed by atoms with Crippen LogP contribution in [0.2, 0.25) is 0 Å². The molecule has 86 valence electrons. The highest BCUT2D eigenvalue weighted by Gasteiger charge is 2.32. The van der Waals surface area contributed by atoms with Crippen molar-refractivity contribution in [1.82, 2.24) is 5.32 Å². The molecule has 1 atom stereocenters. The van der Waals surface area contributed by atoms with E-state index >= 15 is 0 Å². The average Bonchev–Trinajstić information content (AvgIpc) is 2.89. The van der Waals surface area contributed by atoms with Crippen molar-refractivity contribution in [1.29, 1.82) is 0 Å². The van der Waals surface area contributed by atoms with Gasteiger partial charge in [0, 0.05) is 6.04 Å². The standard InChI is InChI=1S/C14H25N/c1-11(2)14(13-7-8-13)15-10-9-12-5-3-4-6-12/h5,11,13-15H,3-4,6-10H2,1-2H3. The van der Waals surface area contributed by atoms with Crippen LogP contribution in [0.1, 0.15) is 52.4 Å². The zero-order valence-electron chi connectivity index (χ0n) is 10.3. The minimum Gasteiger partial charge on any atom is -0.313 e. The molecule has 0 aliphatic heterocycles. The Morgan fingerprint density at radius 2 is 2.20 bits per heavy atom. The fourth-order valence-corrected chi connectivity index (χ4v) is 2.77. The molecule has 0 saturated heterocycles. The molecule has 2 rings (SSSR count). The lowest BCUT2D eigenvalue weighted by Gasteiger charge is -2.22. The largest absolute Gasteiger partial charge is 0.313 e. The predicted molar refractivity (Wildman–Crippen MR) is 65.9 cm³/mol. The Kier molecular flexibility index (Phi) is 3.85. The molecule has 0 radical (unpaired) electrons. The summed E-state index contributed by atoms with van der Waals surface area (Å²) in [5.41, 5.74) is 1.70. The van der Waals surface area contributed by atoms with E-state index in [4.69, 9.17) is 0 Å². The van der Waals surface area contributed by atoms with E-state index in [-0.39, 0.29) is 0 Å². The van der Waals surface area contributed by atoms with Gasteiger partial charge in [-0.1, -0.05) is 25.5 Å². The number of hydrogen-bond acceptors (Lipinski definition) is 1. The molecule has 0 aromatic carbocycles. The van der Waals surface area contributed by atoms with Crippen LogP contribution < -0.4 is 5.32 Å². The molecule has 1 N–H and O–H groups in total. The van der Waals surface area contributed by atoms with Gasteiger partial charge >= 0.3 is 0 Å². The Labute approximate surface area is 94.3 Å². The topological polar surface area (TPSA) is 12.0 Å². The Bertz CT molecular complexity index is 223. The Morgan fingerprint density at radius 1 is 1.40 bits per heavy atom. The number of hydrogen-bond donors (Lipinski definition) is 1. The quantitative estimate of drug-likeness (QED) is 0.657.